The molecule has 0 unspecified atom stereocenters. The molecule has 0 heterocycles. The average Bonchev–Trinajstić information content (AvgIpc) is 2.65. The first-order valence-corrected chi connectivity index (χ1v) is 10.7. The molecule has 0 aromatic rings. The van der Waals surface area contributed by atoms with Crippen LogP contribution in [-0.4, -0.2) is 53.2 Å². The molecule has 1 saturated carbocycles. The molecule has 1 aliphatic carbocycles. The molecule has 1 aliphatic rings. The summed E-state index contributed by atoms with van der Waals surface area (Å²) >= 11 is 1.01. The molecular formula is C19H33N3O4S. The van der Waals surface area contributed by atoms with Gasteiger partial charge in [-0.3, -0.25) is 24.1 Å². The van der Waals surface area contributed by atoms with Gasteiger partial charge in [-0.2, -0.15) is 0 Å². The van der Waals surface area contributed by atoms with Gasteiger partial charge in [0.15, 0.2) is 0 Å². The first kappa shape index (κ1) is 23.5. The Balaban J connectivity index is 2.53. The Bertz CT molecular complexity index is 531. The van der Waals surface area contributed by atoms with Crippen molar-refractivity contribution in [2.24, 2.45) is 11.8 Å². The van der Waals surface area contributed by atoms with E-state index < -0.39 is 0 Å². The van der Waals surface area contributed by atoms with Gasteiger partial charge < -0.3 is 10.6 Å². The number of thioether (sulfide) groups is 1. The third kappa shape index (κ3) is 8.32. The monoisotopic (exact) mass is 399 g/mol. The number of rotatable bonds is 8. The molecule has 0 bridgehead atoms. The fourth-order valence-corrected chi connectivity index (χ4v) is 3.97. The molecular weight excluding hydrogens is 366 g/mol. The summed E-state index contributed by atoms with van der Waals surface area (Å²) in [5.74, 6) is 0.400. The number of hydrogen-bond donors (Lipinski definition) is 2. The molecule has 0 aromatic heterocycles. The minimum Gasteiger partial charge on any atom is -0.359 e. The lowest BCUT2D eigenvalue weighted by Gasteiger charge is -2.31. The Morgan fingerprint density at radius 2 is 1.74 bits per heavy atom. The number of nitrogens with zero attached hydrogens (tertiary/aromatic N) is 1. The van der Waals surface area contributed by atoms with E-state index in [0.717, 1.165) is 37.4 Å². The van der Waals surface area contributed by atoms with Crippen molar-refractivity contribution in [2.45, 2.75) is 65.3 Å². The maximum absolute atomic E-state index is 12.5. The summed E-state index contributed by atoms with van der Waals surface area (Å²) in [6.07, 6.45) is 3.76. The Kier molecular flexibility index (Phi) is 10.4. The fraction of sp³-hybridized carbons (Fsp3) is 0.789. The van der Waals surface area contributed by atoms with E-state index in [4.69, 9.17) is 0 Å². The molecule has 0 aliphatic heterocycles. The number of carbonyl (C=O) groups excluding carboxylic acids is 4. The highest BCUT2D eigenvalue weighted by Crippen LogP contribution is 2.30. The Labute approximate surface area is 166 Å². The highest BCUT2D eigenvalue weighted by atomic mass is 32.2. The zero-order chi connectivity index (χ0) is 20.4. The highest BCUT2D eigenvalue weighted by molar-refractivity contribution is 8.13. The predicted molar refractivity (Wildman–Crippen MR) is 107 cm³/mol. The van der Waals surface area contributed by atoms with Gasteiger partial charge >= 0.3 is 0 Å². The summed E-state index contributed by atoms with van der Waals surface area (Å²) in [7, 11) is 1.56. The molecule has 2 N–H and O–H groups in total. The van der Waals surface area contributed by atoms with E-state index in [2.05, 4.69) is 10.6 Å². The van der Waals surface area contributed by atoms with Crippen molar-refractivity contribution < 1.29 is 19.2 Å². The second kappa shape index (κ2) is 12.0. The van der Waals surface area contributed by atoms with Crippen LogP contribution >= 0.6 is 11.8 Å². The summed E-state index contributed by atoms with van der Waals surface area (Å²) in [6, 6.07) is 0.136. The second-order valence-corrected chi connectivity index (χ2v) is 8.32. The third-order valence-corrected chi connectivity index (χ3v) is 5.62. The molecule has 27 heavy (non-hydrogen) atoms. The van der Waals surface area contributed by atoms with Crippen molar-refractivity contribution in [1.82, 2.24) is 15.5 Å². The Morgan fingerprint density at radius 1 is 1.11 bits per heavy atom. The molecule has 154 valence electrons. The lowest BCUT2D eigenvalue weighted by molar-refractivity contribution is -0.129. The summed E-state index contributed by atoms with van der Waals surface area (Å²) in [6.45, 7) is 6.04. The van der Waals surface area contributed by atoms with Crippen molar-refractivity contribution in [3.05, 3.63) is 0 Å². The van der Waals surface area contributed by atoms with Crippen LogP contribution in [0.3, 0.4) is 0 Å². The fourth-order valence-electron chi connectivity index (χ4n) is 3.17. The zero-order valence-electron chi connectivity index (χ0n) is 16.9. The van der Waals surface area contributed by atoms with Crippen LogP contribution in [0.1, 0.15) is 59.3 Å². The second-order valence-electron chi connectivity index (χ2n) is 7.28. The topological polar surface area (TPSA) is 95.6 Å². The molecule has 0 radical (unpaired) electrons. The van der Waals surface area contributed by atoms with Crippen LogP contribution in [0.4, 0.5) is 4.79 Å². The lowest BCUT2D eigenvalue weighted by Crippen LogP contribution is -2.41. The molecule has 0 spiro atoms. The number of amides is 4. The number of imide groups is 1. The van der Waals surface area contributed by atoms with E-state index in [0.29, 0.717) is 12.3 Å². The van der Waals surface area contributed by atoms with Crippen molar-refractivity contribution in [3.63, 3.8) is 0 Å². The third-order valence-electron chi connectivity index (χ3n) is 4.75. The SMILES string of the molecule is CCC(=O)N(CC1CCC(C(=O)NC(C)C)CC1)C(=O)SCCC(=O)NC. The summed E-state index contributed by atoms with van der Waals surface area (Å²) in [4.78, 5) is 49.4. The molecule has 0 atom stereocenters. The van der Waals surface area contributed by atoms with Gasteiger partial charge in [-0.25, -0.2) is 0 Å². The first-order valence-electron chi connectivity index (χ1n) is 9.76. The Morgan fingerprint density at radius 3 is 2.26 bits per heavy atom. The van der Waals surface area contributed by atoms with Crippen LogP contribution in [0.25, 0.3) is 0 Å². The summed E-state index contributed by atoms with van der Waals surface area (Å²) < 4.78 is 0. The van der Waals surface area contributed by atoms with Gasteiger partial charge in [0.1, 0.15) is 0 Å². The van der Waals surface area contributed by atoms with Gasteiger partial charge in [-0.1, -0.05) is 18.7 Å². The molecule has 1 rings (SSSR count). The first-order chi connectivity index (χ1) is 12.8. The van der Waals surface area contributed by atoms with E-state index in [1.807, 2.05) is 13.8 Å². The molecule has 8 heteroatoms. The van der Waals surface area contributed by atoms with Gasteiger partial charge in [-0.05, 0) is 45.4 Å². The van der Waals surface area contributed by atoms with Crippen LogP contribution in [-0.2, 0) is 14.4 Å². The largest absolute Gasteiger partial charge is 0.359 e. The standard InChI is InChI=1S/C19H33N3O4S/c1-5-17(24)22(19(26)27-11-10-16(23)20-4)12-14-6-8-15(9-7-14)18(25)21-13(2)3/h13-15H,5-12H2,1-4H3,(H,20,23)(H,21,25). The minimum atomic E-state index is -0.287. The lowest BCUT2D eigenvalue weighted by atomic mass is 9.81. The molecule has 7 nitrogen and oxygen atoms in total. The summed E-state index contributed by atoms with van der Waals surface area (Å²) in [5.41, 5.74) is 0. The van der Waals surface area contributed by atoms with Crippen molar-refractivity contribution in [2.75, 3.05) is 19.3 Å². The maximum Gasteiger partial charge on any atom is 0.288 e. The average molecular weight is 400 g/mol. The van der Waals surface area contributed by atoms with E-state index >= 15 is 0 Å². The normalized spacial score (nSPS) is 19.4. The predicted octanol–water partition coefficient (Wildman–Crippen LogP) is 2.55. The van der Waals surface area contributed by atoms with Crippen molar-refractivity contribution in [3.8, 4) is 0 Å². The van der Waals surface area contributed by atoms with Gasteiger partial charge in [0, 0.05) is 44.1 Å². The van der Waals surface area contributed by atoms with Crippen LogP contribution in [0.5, 0.6) is 0 Å². The number of nitrogens with one attached hydrogen (secondary N) is 2. The summed E-state index contributed by atoms with van der Waals surface area (Å²) in [5, 5.41) is 5.19. The minimum absolute atomic E-state index is 0.0246. The quantitative estimate of drug-likeness (QED) is 0.654. The molecule has 0 aromatic carbocycles. The zero-order valence-corrected chi connectivity index (χ0v) is 17.7. The molecule has 4 amide bonds. The van der Waals surface area contributed by atoms with Crippen LogP contribution in [0, 0.1) is 11.8 Å². The van der Waals surface area contributed by atoms with Gasteiger partial charge in [-0.15, -0.1) is 0 Å². The smallest absolute Gasteiger partial charge is 0.288 e. The number of carbonyl (C=O) groups is 4. The van der Waals surface area contributed by atoms with E-state index in [9.17, 15) is 19.2 Å². The van der Waals surface area contributed by atoms with E-state index in [1.165, 1.54) is 4.90 Å². The maximum atomic E-state index is 12.5. The Hall–Kier alpha value is -1.57. The number of hydrogen-bond acceptors (Lipinski definition) is 5. The molecule has 0 saturated heterocycles. The highest BCUT2D eigenvalue weighted by Gasteiger charge is 2.30. The van der Waals surface area contributed by atoms with Crippen molar-refractivity contribution >= 4 is 34.7 Å². The van der Waals surface area contributed by atoms with Crippen LogP contribution in [0.15, 0.2) is 0 Å². The van der Waals surface area contributed by atoms with E-state index in [-0.39, 0.29) is 53.7 Å². The van der Waals surface area contributed by atoms with Crippen molar-refractivity contribution in [1.29, 1.82) is 0 Å². The van der Waals surface area contributed by atoms with Crippen LogP contribution < -0.4 is 10.6 Å². The van der Waals surface area contributed by atoms with Gasteiger partial charge in [0.05, 0.1) is 0 Å². The molecule has 1 fully saturated rings. The van der Waals surface area contributed by atoms with Crippen LogP contribution in [0.2, 0.25) is 0 Å². The van der Waals surface area contributed by atoms with Gasteiger partial charge in [0.2, 0.25) is 17.7 Å². The van der Waals surface area contributed by atoms with E-state index in [1.54, 1.807) is 14.0 Å². The van der Waals surface area contributed by atoms with Gasteiger partial charge in [0.25, 0.3) is 5.24 Å².